The molecule has 1 aromatic heterocycles. The normalized spacial score (nSPS) is 9.61. The van der Waals surface area contributed by atoms with Crippen LogP contribution in [-0.4, -0.2) is 55.8 Å². The van der Waals surface area contributed by atoms with Gasteiger partial charge in [0.1, 0.15) is 17.4 Å². The Balaban J connectivity index is 0.000000250. The highest BCUT2D eigenvalue weighted by atomic mass is 16.7. The summed E-state index contributed by atoms with van der Waals surface area (Å²) < 4.78 is 9.33. The smallest absolute Gasteiger partial charge is 0.295 e. The predicted octanol–water partition coefficient (Wildman–Crippen LogP) is 2.64. The van der Waals surface area contributed by atoms with Crippen molar-refractivity contribution in [2.24, 2.45) is 0 Å². The van der Waals surface area contributed by atoms with Gasteiger partial charge < -0.3 is 47.3 Å². The van der Waals surface area contributed by atoms with E-state index in [1.807, 2.05) is 43.3 Å². The molecule has 0 unspecified atom stereocenters. The van der Waals surface area contributed by atoms with Gasteiger partial charge in [-0.05, 0) is 42.5 Å². The zero-order valence-electron chi connectivity index (χ0n) is 24.5. The van der Waals surface area contributed by atoms with Gasteiger partial charge in [-0.15, -0.1) is 0 Å². The number of aromatic nitrogens is 1. The molecule has 3 aromatic carbocycles. The first-order chi connectivity index (χ1) is 21.2. The molecular formula is C31H37N7O6. The van der Waals surface area contributed by atoms with E-state index in [4.69, 9.17) is 27.0 Å². The van der Waals surface area contributed by atoms with E-state index in [1.165, 1.54) is 6.07 Å². The SMILES string of the molecule is CN(C)c1ccccc1CO.Nc1ccc(NC(=O)CNC(=O)c2ccccc2)nc1N.Nc1ccccc1OCOC=O. The van der Waals surface area contributed by atoms with Gasteiger partial charge in [0.25, 0.3) is 12.4 Å². The van der Waals surface area contributed by atoms with Gasteiger partial charge in [-0.1, -0.05) is 48.5 Å². The molecule has 9 N–H and O–H groups in total. The second-order valence-corrected chi connectivity index (χ2v) is 9.01. The molecule has 0 saturated carbocycles. The fraction of sp³-hybridized carbons (Fsp3) is 0.161. The molecule has 0 saturated heterocycles. The molecule has 13 heteroatoms. The average molecular weight is 604 g/mol. The first-order valence-corrected chi connectivity index (χ1v) is 13.2. The fourth-order valence-electron chi connectivity index (χ4n) is 3.41. The lowest BCUT2D eigenvalue weighted by molar-refractivity contribution is -0.134. The Morgan fingerprint density at radius 1 is 0.886 bits per heavy atom. The van der Waals surface area contributed by atoms with Crippen LogP contribution in [-0.2, 0) is 20.9 Å². The Hall–Kier alpha value is -5.82. The van der Waals surface area contributed by atoms with Crippen molar-refractivity contribution in [3.05, 3.63) is 102 Å². The number of nitrogen functional groups attached to an aromatic ring is 3. The van der Waals surface area contributed by atoms with Crippen LogP contribution in [0.3, 0.4) is 0 Å². The van der Waals surface area contributed by atoms with Crippen molar-refractivity contribution < 1.29 is 29.0 Å². The van der Waals surface area contributed by atoms with Gasteiger partial charge in [0, 0.05) is 30.9 Å². The van der Waals surface area contributed by atoms with Gasteiger partial charge in [-0.3, -0.25) is 14.4 Å². The van der Waals surface area contributed by atoms with Crippen molar-refractivity contribution in [2.75, 3.05) is 54.9 Å². The Labute approximate surface area is 255 Å². The van der Waals surface area contributed by atoms with E-state index in [1.54, 1.807) is 60.7 Å². The Morgan fingerprint density at radius 2 is 1.55 bits per heavy atom. The number of carbonyl (C=O) groups excluding carboxylic acids is 3. The third-order valence-corrected chi connectivity index (χ3v) is 5.58. The number of rotatable bonds is 10. The predicted molar refractivity (Wildman–Crippen MR) is 171 cm³/mol. The van der Waals surface area contributed by atoms with Crippen LogP contribution in [0.2, 0.25) is 0 Å². The van der Waals surface area contributed by atoms with Gasteiger partial charge in [0.05, 0.1) is 24.5 Å². The van der Waals surface area contributed by atoms with Crippen molar-refractivity contribution in [1.82, 2.24) is 10.3 Å². The van der Waals surface area contributed by atoms with Gasteiger partial charge in [-0.2, -0.15) is 0 Å². The number of nitrogens with one attached hydrogen (secondary N) is 2. The summed E-state index contributed by atoms with van der Waals surface area (Å²) in [5, 5.41) is 14.0. The number of benzene rings is 3. The summed E-state index contributed by atoms with van der Waals surface area (Å²) in [5.74, 6) is 0.201. The third-order valence-electron chi connectivity index (χ3n) is 5.58. The molecule has 0 aliphatic heterocycles. The second-order valence-electron chi connectivity index (χ2n) is 9.01. The number of ether oxygens (including phenoxy) is 2. The Bertz CT molecular complexity index is 1490. The van der Waals surface area contributed by atoms with Crippen molar-refractivity contribution >= 4 is 47.0 Å². The molecule has 0 aliphatic rings. The number of anilines is 5. The topological polar surface area (TPSA) is 208 Å². The number of hydrogen-bond donors (Lipinski definition) is 6. The number of carbonyl (C=O) groups is 3. The molecule has 0 fully saturated rings. The Morgan fingerprint density at radius 3 is 2.16 bits per heavy atom. The number of nitrogens with zero attached hydrogens (tertiary/aromatic N) is 2. The lowest BCUT2D eigenvalue weighted by Crippen LogP contribution is -2.33. The maximum Gasteiger partial charge on any atom is 0.295 e. The van der Waals surface area contributed by atoms with Crippen LogP contribution in [0, 0.1) is 0 Å². The van der Waals surface area contributed by atoms with E-state index in [2.05, 4.69) is 20.4 Å². The van der Waals surface area contributed by atoms with E-state index < -0.39 is 5.91 Å². The van der Waals surface area contributed by atoms with E-state index in [-0.39, 0.29) is 37.5 Å². The van der Waals surface area contributed by atoms with Gasteiger partial charge >= 0.3 is 0 Å². The summed E-state index contributed by atoms with van der Waals surface area (Å²) >= 11 is 0. The fourth-order valence-corrected chi connectivity index (χ4v) is 3.41. The number of hydrogen-bond acceptors (Lipinski definition) is 11. The molecule has 0 bridgehead atoms. The maximum atomic E-state index is 11.8. The molecule has 4 rings (SSSR count). The summed E-state index contributed by atoms with van der Waals surface area (Å²) in [5.41, 5.74) is 20.0. The zero-order valence-corrected chi connectivity index (χ0v) is 24.5. The summed E-state index contributed by atoms with van der Waals surface area (Å²) in [7, 11) is 3.93. The molecule has 0 spiro atoms. The second kappa shape index (κ2) is 18.6. The summed E-state index contributed by atoms with van der Waals surface area (Å²) in [4.78, 5) is 39.1. The van der Waals surface area contributed by atoms with Crippen LogP contribution < -0.4 is 37.5 Å². The highest BCUT2D eigenvalue weighted by molar-refractivity contribution is 5.99. The highest BCUT2D eigenvalue weighted by Crippen LogP contribution is 2.19. The first kappa shape index (κ1) is 34.4. The molecule has 0 aliphatic carbocycles. The van der Waals surface area contributed by atoms with Crippen molar-refractivity contribution in [3.8, 4) is 5.75 Å². The van der Waals surface area contributed by atoms with Crippen molar-refractivity contribution in [3.63, 3.8) is 0 Å². The number of aliphatic hydroxyl groups is 1. The van der Waals surface area contributed by atoms with Gasteiger partial charge in [0.2, 0.25) is 12.7 Å². The molecule has 1 heterocycles. The monoisotopic (exact) mass is 603 g/mol. The molecule has 0 radical (unpaired) electrons. The summed E-state index contributed by atoms with van der Waals surface area (Å²) in [6, 6.07) is 26.5. The third kappa shape index (κ3) is 12.0. The lowest BCUT2D eigenvalue weighted by atomic mass is 10.2. The van der Waals surface area contributed by atoms with Crippen LogP contribution in [0.15, 0.2) is 91.0 Å². The summed E-state index contributed by atoms with van der Waals surface area (Å²) in [6.45, 7) is 0.144. The van der Waals surface area contributed by atoms with Gasteiger partial charge in [-0.25, -0.2) is 4.98 Å². The zero-order chi connectivity index (χ0) is 32.3. The molecule has 232 valence electrons. The Kier molecular flexibility index (Phi) is 14.5. The molecular weight excluding hydrogens is 566 g/mol. The summed E-state index contributed by atoms with van der Waals surface area (Å²) in [6.07, 6.45) is 0. The van der Waals surface area contributed by atoms with E-state index in [9.17, 15) is 14.4 Å². The number of amides is 2. The minimum atomic E-state index is -0.407. The first-order valence-electron chi connectivity index (χ1n) is 13.2. The molecule has 0 atom stereocenters. The molecule has 2 amide bonds. The minimum absolute atomic E-state index is 0.106. The highest BCUT2D eigenvalue weighted by Gasteiger charge is 2.09. The van der Waals surface area contributed by atoms with Gasteiger partial charge in [0.15, 0.2) is 0 Å². The van der Waals surface area contributed by atoms with Crippen molar-refractivity contribution in [2.45, 2.75) is 6.61 Å². The van der Waals surface area contributed by atoms with Crippen molar-refractivity contribution in [1.29, 1.82) is 0 Å². The standard InChI is InChI=1S/C14H15N5O2.C9H13NO.C8H9NO3/c15-10-6-7-11(19-13(10)16)18-12(20)8-17-14(21)9-4-2-1-3-5-9;1-10(2)9-6-4-3-5-8(9)7-11;9-7-3-1-2-4-8(7)12-6-11-5-10/h1-7H,8,15H2,(H,17,21)(H3,16,18,19,20);3-6,11H,7H2,1-2H3;1-5H,6,9H2. The lowest BCUT2D eigenvalue weighted by Gasteiger charge is -2.15. The molecule has 44 heavy (non-hydrogen) atoms. The average Bonchev–Trinajstić information content (AvgIpc) is 3.03. The molecule has 13 nitrogen and oxygen atoms in total. The maximum absolute atomic E-state index is 11.8. The molecule has 4 aromatic rings. The number of aliphatic hydroxyl groups excluding tert-OH is 1. The quantitative estimate of drug-likeness (QED) is 0.0672. The van der Waals surface area contributed by atoms with Crippen LogP contribution >= 0.6 is 0 Å². The van der Waals surface area contributed by atoms with E-state index in [0.29, 0.717) is 29.2 Å². The van der Waals surface area contributed by atoms with Crippen LogP contribution in [0.5, 0.6) is 5.75 Å². The minimum Gasteiger partial charge on any atom is -0.455 e. The van der Waals surface area contributed by atoms with Crippen LogP contribution in [0.1, 0.15) is 15.9 Å². The number of pyridine rings is 1. The van der Waals surface area contributed by atoms with E-state index >= 15 is 0 Å². The van der Waals surface area contributed by atoms with Crippen LogP contribution in [0.25, 0.3) is 0 Å². The number of para-hydroxylation sites is 3. The van der Waals surface area contributed by atoms with E-state index in [0.717, 1.165) is 11.3 Å². The largest absolute Gasteiger partial charge is 0.455 e. The number of nitrogens with two attached hydrogens (primary N) is 3. The van der Waals surface area contributed by atoms with Crippen LogP contribution in [0.4, 0.5) is 28.7 Å².